The van der Waals surface area contributed by atoms with Gasteiger partial charge in [0.2, 0.25) is 0 Å². The molecule has 0 amide bonds. The van der Waals surface area contributed by atoms with E-state index in [9.17, 15) is 0 Å². The second-order valence-corrected chi connectivity index (χ2v) is 6.42. The molecule has 0 unspecified atom stereocenters. The summed E-state index contributed by atoms with van der Waals surface area (Å²) in [6.07, 6.45) is 1.12. The van der Waals surface area contributed by atoms with Crippen LogP contribution in [-0.4, -0.2) is 23.1 Å². The minimum Gasteiger partial charge on any atom is -0.370 e. The lowest BCUT2D eigenvalue weighted by atomic mass is 9.92. The predicted molar refractivity (Wildman–Crippen MR) is 82.8 cm³/mol. The number of hydrogen-bond donors (Lipinski definition) is 2. The van der Waals surface area contributed by atoms with Crippen molar-refractivity contribution in [3.05, 3.63) is 11.9 Å². The van der Waals surface area contributed by atoms with Crippen LogP contribution in [0.25, 0.3) is 0 Å². The maximum absolute atomic E-state index is 4.57. The maximum Gasteiger partial charge on any atom is 0.135 e. The molecule has 1 heterocycles. The molecule has 0 bridgehead atoms. The Labute approximate surface area is 117 Å². The highest BCUT2D eigenvalue weighted by Gasteiger charge is 2.11. The van der Waals surface area contributed by atoms with Crippen LogP contribution in [0.5, 0.6) is 0 Å². The molecule has 0 spiro atoms. The first-order valence-corrected chi connectivity index (χ1v) is 7.18. The smallest absolute Gasteiger partial charge is 0.135 e. The van der Waals surface area contributed by atoms with Gasteiger partial charge < -0.3 is 10.6 Å². The third-order valence-electron chi connectivity index (χ3n) is 2.80. The number of anilines is 2. The van der Waals surface area contributed by atoms with Crippen LogP contribution in [0.3, 0.4) is 0 Å². The molecule has 0 aliphatic heterocycles. The number of aromatic nitrogens is 2. The van der Waals surface area contributed by atoms with E-state index >= 15 is 0 Å². The van der Waals surface area contributed by atoms with Crippen molar-refractivity contribution in [3.8, 4) is 0 Å². The van der Waals surface area contributed by atoms with Crippen molar-refractivity contribution in [2.45, 2.75) is 53.9 Å². The van der Waals surface area contributed by atoms with E-state index < -0.39 is 0 Å². The number of nitrogens with one attached hydrogen (secondary N) is 2. The third-order valence-corrected chi connectivity index (χ3v) is 2.80. The lowest BCUT2D eigenvalue weighted by molar-refractivity contribution is 0.389. The molecule has 0 atom stereocenters. The van der Waals surface area contributed by atoms with Gasteiger partial charge in [0.1, 0.15) is 17.5 Å². The molecule has 0 fully saturated rings. The highest BCUT2D eigenvalue weighted by atomic mass is 15.1. The Bertz CT molecular complexity index is 394. The fourth-order valence-corrected chi connectivity index (χ4v) is 1.65. The molecule has 2 N–H and O–H groups in total. The fraction of sp³-hybridized carbons (Fsp3) is 0.733. The summed E-state index contributed by atoms with van der Waals surface area (Å²) in [6, 6.07) is 1.98. The van der Waals surface area contributed by atoms with Gasteiger partial charge in [-0.05, 0) is 18.8 Å². The molecule has 0 aliphatic carbocycles. The van der Waals surface area contributed by atoms with Gasteiger partial charge in [0.25, 0.3) is 0 Å². The van der Waals surface area contributed by atoms with Crippen LogP contribution < -0.4 is 10.6 Å². The first-order valence-electron chi connectivity index (χ1n) is 7.18. The summed E-state index contributed by atoms with van der Waals surface area (Å²) in [7, 11) is 0. The molecular weight excluding hydrogens is 236 g/mol. The molecule has 4 heteroatoms. The number of nitrogens with zero attached hydrogens (tertiary/aromatic N) is 2. The Morgan fingerprint density at radius 2 is 1.68 bits per heavy atom. The third kappa shape index (κ3) is 5.90. The molecule has 108 valence electrons. The topological polar surface area (TPSA) is 49.8 Å². The van der Waals surface area contributed by atoms with Crippen molar-refractivity contribution in [1.29, 1.82) is 0 Å². The van der Waals surface area contributed by atoms with Crippen molar-refractivity contribution in [2.75, 3.05) is 23.7 Å². The maximum atomic E-state index is 4.57. The average Bonchev–Trinajstić information content (AvgIpc) is 2.27. The zero-order chi connectivity index (χ0) is 14.5. The second-order valence-electron chi connectivity index (χ2n) is 6.42. The first-order chi connectivity index (χ1) is 8.81. The van der Waals surface area contributed by atoms with Gasteiger partial charge in [-0.15, -0.1) is 0 Å². The molecule has 19 heavy (non-hydrogen) atoms. The molecule has 4 nitrogen and oxygen atoms in total. The van der Waals surface area contributed by atoms with E-state index in [1.54, 1.807) is 0 Å². The van der Waals surface area contributed by atoms with E-state index in [1.807, 2.05) is 6.07 Å². The summed E-state index contributed by atoms with van der Waals surface area (Å²) in [4.78, 5) is 9.09. The van der Waals surface area contributed by atoms with Gasteiger partial charge in [0.15, 0.2) is 0 Å². The number of rotatable bonds is 6. The Balaban J connectivity index is 2.75. The van der Waals surface area contributed by atoms with Crippen LogP contribution in [0.4, 0.5) is 11.6 Å². The molecule has 1 aromatic rings. The minimum atomic E-state index is 0.335. The summed E-state index contributed by atoms with van der Waals surface area (Å²) in [6.45, 7) is 14.9. The lowest BCUT2D eigenvalue weighted by Crippen LogP contribution is -2.14. The summed E-state index contributed by atoms with van der Waals surface area (Å²) in [5.74, 6) is 3.04. The van der Waals surface area contributed by atoms with Gasteiger partial charge in [-0.3, -0.25) is 0 Å². The van der Waals surface area contributed by atoms with Gasteiger partial charge in [0, 0.05) is 25.1 Å². The summed E-state index contributed by atoms with van der Waals surface area (Å²) in [5.41, 5.74) is 0.339. The van der Waals surface area contributed by atoms with E-state index in [0.717, 1.165) is 37.0 Å². The van der Waals surface area contributed by atoms with Crippen molar-refractivity contribution in [1.82, 2.24) is 9.97 Å². The average molecular weight is 264 g/mol. The van der Waals surface area contributed by atoms with Gasteiger partial charge in [-0.2, -0.15) is 0 Å². The highest BCUT2D eigenvalue weighted by molar-refractivity contribution is 5.47. The Morgan fingerprint density at radius 3 is 2.16 bits per heavy atom. The Hall–Kier alpha value is -1.32. The quantitative estimate of drug-likeness (QED) is 0.818. The molecule has 0 aliphatic rings. The van der Waals surface area contributed by atoms with Gasteiger partial charge >= 0.3 is 0 Å². The van der Waals surface area contributed by atoms with E-state index in [4.69, 9.17) is 0 Å². The summed E-state index contributed by atoms with van der Waals surface area (Å²) < 4.78 is 0. The first kappa shape index (κ1) is 15.7. The van der Waals surface area contributed by atoms with E-state index in [2.05, 4.69) is 62.1 Å². The monoisotopic (exact) mass is 264 g/mol. The molecule has 1 rings (SSSR count). The van der Waals surface area contributed by atoms with Crippen LogP contribution in [0.1, 0.15) is 59.7 Å². The molecule has 0 saturated heterocycles. The van der Waals surface area contributed by atoms with Crippen LogP contribution in [0.2, 0.25) is 0 Å². The van der Waals surface area contributed by atoms with Crippen LogP contribution >= 0.6 is 0 Å². The SMILES string of the molecule is CCNc1cc(NCCC(C)(C)C)nc(C(C)C)n1. The largest absolute Gasteiger partial charge is 0.370 e. The summed E-state index contributed by atoms with van der Waals surface area (Å²) in [5, 5.41) is 6.66. The number of hydrogen-bond acceptors (Lipinski definition) is 4. The van der Waals surface area contributed by atoms with Crippen LogP contribution in [0.15, 0.2) is 6.07 Å². The van der Waals surface area contributed by atoms with Crippen LogP contribution in [-0.2, 0) is 0 Å². The zero-order valence-corrected chi connectivity index (χ0v) is 13.2. The van der Waals surface area contributed by atoms with Crippen molar-refractivity contribution in [3.63, 3.8) is 0 Å². The highest BCUT2D eigenvalue weighted by Crippen LogP contribution is 2.20. The second kappa shape index (κ2) is 6.73. The Kier molecular flexibility index (Phi) is 5.58. The molecule has 1 aromatic heterocycles. The lowest BCUT2D eigenvalue weighted by Gasteiger charge is -2.19. The van der Waals surface area contributed by atoms with E-state index in [-0.39, 0.29) is 0 Å². The summed E-state index contributed by atoms with van der Waals surface area (Å²) >= 11 is 0. The molecule has 0 aromatic carbocycles. The van der Waals surface area contributed by atoms with Gasteiger partial charge in [-0.1, -0.05) is 34.6 Å². The molecule has 0 saturated carbocycles. The standard InChI is InChI=1S/C15H28N4/c1-7-16-12-10-13(17-9-8-15(4,5)6)19-14(18-12)11(2)3/h10-11H,7-9H2,1-6H3,(H2,16,17,18,19). The predicted octanol–water partition coefficient (Wildman–Crippen LogP) is 3.88. The fourth-order valence-electron chi connectivity index (χ4n) is 1.65. The van der Waals surface area contributed by atoms with Crippen molar-refractivity contribution < 1.29 is 0 Å². The van der Waals surface area contributed by atoms with Gasteiger partial charge in [0.05, 0.1) is 0 Å². The van der Waals surface area contributed by atoms with Gasteiger partial charge in [-0.25, -0.2) is 9.97 Å². The normalized spacial score (nSPS) is 11.7. The van der Waals surface area contributed by atoms with Crippen molar-refractivity contribution in [2.24, 2.45) is 5.41 Å². The van der Waals surface area contributed by atoms with E-state index in [1.165, 1.54) is 0 Å². The molecular formula is C15H28N4. The van der Waals surface area contributed by atoms with E-state index in [0.29, 0.717) is 11.3 Å². The van der Waals surface area contributed by atoms with Crippen LogP contribution in [0, 0.1) is 5.41 Å². The minimum absolute atomic E-state index is 0.335. The zero-order valence-electron chi connectivity index (χ0n) is 13.2. The Morgan fingerprint density at radius 1 is 1.11 bits per heavy atom. The van der Waals surface area contributed by atoms with Crippen molar-refractivity contribution >= 4 is 11.6 Å². The molecule has 0 radical (unpaired) electrons.